The first kappa shape index (κ1) is 25.9. The third-order valence-corrected chi connectivity index (χ3v) is 9.03. The summed E-state index contributed by atoms with van der Waals surface area (Å²) in [5, 5.41) is 8.89. The maximum Gasteiger partial charge on any atom is 0.317 e. The number of carbonyl (C=O) groups excluding carboxylic acids is 1. The molecule has 3 aliphatic heterocycles. The van der Waals surface area contributed by atoms with Crippen molar-refractivity contribution in [1.29, 1.82) is 0 Å². The van der Waals surface area contributed by atoms with Gasteiger partial charge < -0.3 is 9.22 Å². The summed E-state index contributed by atoms with van der Waals surface area (Å²) >= 11 is 0. The van der Waals surface area contributed by atoms with E-state index < -0.39 is 5.41 Å². The second kappa shape index (κ2) is 11.0. The minimum atomic E-state index is -0.493. The molecule has 7 heteroatoms. The summed E-state index contributed by atoms with van der Waals surface area (Å²) in [6, 6.07) is 20.6. The minimum absolute atomic E-state index is 0. The second-order valence-electron chi connectivity index (χ2n) is 11.3. The predicted molar refractivity (Wildman–Crippen MR) is 146 cm³/mol. The normalized spacial score (nSPS) is 26.6. The topological polar surface area (TPSA) is 57.0 Å². The van der Waals surface area contributed by atoms with Gasteiger partial charge in [0.25, 0.3) is 0 Å². The number of aromatic nitrogens is 3. The minimum Gasteiger partial charge on any atom is -0.455 e. The molecule has 3 aromatic rings. The average Bonchev–Trinajstić information content (AvgIpc) is 3.23. The molecular formula is C30H38ClN4O2+. The third-order valence-electron chi connectivity index (χ3n) is 9.03. The molecule has 1 aliphatic carbocycles. The van der Waals surface area contributed by atoms with E-state index in [1.807, 2.05) is 41.1 Å². The lowest BCUT2D eigenvalue weighted by molar-refractivity contribution is -0.958. The van der Waals surface area contributed by atoms with Gasteiger partial charge in [-0.05, 0) is 30.5 Å². The van der Waals surface area contributed by atoms with Crippen LogP contribution in [0, 0.1) is 5.92 Å². The molecule has 0 N–H and O–H groups in total. The molecule has 6 nitrogen and oxygen atoms in total. The molecule has 2 bridgehead atoms. The van der Waals surface area contributed by atoms with Gasteiger partial charge in [0, 0.05) is 18.8 Å². The standard InChI is InChI=1S/C30H37N4O2.ClH/c35-29(30(17-9-1-2-10-18-30)25-11-5-3-6-12-25)36-28-23-34(19-15-24(28)16-20-34)22-26-21-33(32-31-26)27-13-7-4-8-14-27;/h3-8,11-14,21,24,28H,1-2,9-10,15-20,22-23H2;1H/q+1;/t24?,28-,34?;/m0./s1. The molecule has 7 rings (SSSR count). The van der Waals surface area contributed by atoms with Crippen molar-refractivity contribution in [3.05, 3.63) is 78.1 Å². The zero-order chi connectivity index (χ0) is 24.4. The SMILES string of the molecule is Cl.O=C(O[C@H]1C[N+]2(Cc3cn(-c4ccccc4)nn3)CCC1CC2)C1(c2ccccc2)CCCCCC1. The Morgan fingerprint density at radius 2 is 1.59 bits per heavy atom. The Kier molecular flexibility index (Phi) is 7.68. The van der Waals surface area contributed by atoms with Crippen LogP contribution in [0.15, 0.2) is 66.9 Å². The van der Waals surface area contributed by atoms with E-state index in [9.17, 15) is 4.79 Å². The molecule has 4 aliphatic rings. The number of ether oxygens (including phenoxy) is 1. The van der Waals surface area contributed by atoms with Gasteiger partial charge in [-0.15, -0.1) is 17.5 Å². The molecule has 2 aromatic carbocycles. The molecule has 1 atom stereocenters. The molecule has 37 heavy (non-hydrogen) atoms. The molecule has 0 amide bonds. The molecule has 0 unspecified atom stereocenters. The number of rotatable bonds is 6. The highest BCUT2D eigenvalue weighted by Gasteiger charge is 2.50. The van der Waals surface area contributed by atoms with Crippen LogP contribution in [0.5, 0.6) is 0 Å². The van der Waals surface area contributed by atoms with Crippen molar-refractivity contribution in [2.45, 2.75) is 69.4 Å². The molecular weight excluding hydrogens is 484 g/mol. The largest absolute Gasteiger partial charge is 0.455 e. The van der Waals surface area contributed by atoms with Gasteiger partial charge in [-0.2, -0.15) is 0 Å². The molecule has 4 heterocycles. The lowest BCUT2D eigenvalue weighted by atomic mass is 9.74. The maximum absolute atomic E-state index is 14.0. The Hall–Kier alpha value is -2.70. The third kappa shape index (κ3) is 5.19. The summed E-state index contributed by atoms with van der Waals surface area (Å²) < 4.78 is 9.32. The van der Waals surface area contributed by atoms with Crippen LogP contribution in [0.2, 0.25) is 0 Å². The van der Waals surface area contributed by atoms with Crippen LogP contribution < -0.4 is 0 Å². The summed E-state index contributed by atoms with van der Waals surface area (Å²) in [7, 11) is 0. The summed E-state index contributed by atoms with van der Waals surface area (Å²) in [5.41, 5.74) is 2.68. The number of hydrogen-bond donors (Lipinski definition) is 0. The number of esters is 1. The first-order valence-corrected chi connectivity index (χ1v) is 13.7. The van der Waals surface area contributed by atoms with Crippen LogP contribution in [0.1, 0.15) is 62.6 Å². The average molecular weight is 522 g/mol. The number of halogens is 1. The molecule has 0 radical (unpaired) electrons. The quantitative estimate of drug-likeness (QED) is 0.239. The van der Waals surface area contributed by atoms with E-state index >= 15 is 0 Å². The fourth-order valence-electron chi connectivity index (χ4n) is 6.95. The van der Waals surface area contributed by atoms with E-state index in [1.165, 1.54) is 12.8 Å². The zero-order valence-electron chi connectivity index (χ0n) is 21.5. The van der Waals surface area contributed by atoms with Gasteiger partial charge in [0.15, 0.2) is 6.10 Å². The summed E-state index contributed by atoms with van der Waals surface area (Å²) in [5.74, 6) is 0.495. The summed E-state index contributed by atoms with van der Waals surface area (Å²) in [4.78, 5) is 14.0. The Morgan fingerprint density at radius 3 is 2.27 bits per heavy atom. The van der Waals surface area contributed by atoms with Gasteiger partial charge in [-0.3, -0.25) is 4.79 Å². The number of para-hydroxylation sites is 1. The Bertz CT molecular complexity index is 1170. The van der Waals surface area contributed by atoms with Crippen molar-refractivity contribution in [2.75, 3.05) is 19.6 Å². The van der Waals surface area contributed by atoms with Gasteiger partial charge in [-0.25, -0.2) is 4.68 Å². The van der Waals surface area contributed by atoms with E-state index in [0.717, 1.165) is 86.1 Å². The lowest BCUT2D eigenvalue weighted by Gasteiger charge is -2.52. The molecule has 0 spiro atoms. The smallest absolute Gasteiger partial charge is 0.317 e. The first-order valence-electron chi connectivity index (χ1n) is 13.7. The van der Waals surface area contributed by atoms with E-state index in [0.29, 0.717) is 5.92 Å². The summed E-state index contributed by atoms with van der Waals surface area (Å²) in [6.07, 6.45) is 10.7. The monoisotopic (exact) mass is 521 g/mol. The number of quaternary nitrogens is 1. The van der Waals surface area contributed by atoms with Crippen molar-refractivity contribution in [1.82, 2.24) is 15.0 Å². The van der Waals surface area contributed by atoms with Gasteiger partial charge in [0.2, 0.25) is 0 Å². The highest BCUT2D eigenvalue weighted by atomic mass is 35.5. The molecule has 196 valence electrons. The first-order chi connectivity index (χ1) is 17.7. The van der Waals surface area contributed by atoms with Gasteiger partial charge in [0.05, 0.1) is 30.4 Å². The number of hydrogen-bond acceptors (Lipinski definition) is 4. The van der Waals surface area contributed by atoms with Crippen molar-refractivity contribution in [3.63, 3.8) is 0 Å². The van der Waals surface area contributed by atoms with E-state index in [1.54, 1.807) is 0 Å². The number of nitrogens with zero attached hydrogens (tertiary/aromatic N) is 4. The van der Waals surface area contributed by atoms with Crippen LogP contribution >= 0.6 is 12.4 Å². The summed E-state index contributed by atoms with van der Waals surface area (Å²) in [6.45, 7) is 3.98. The highest BCUT2D eigenvalue weighted by Crippen LogP contribution is 2.42. The lowest BCUT2D eigenvalue weighted by Crippen LogP contribution is -2.64. The maximum atomic E-state index is 14.0. The van der Waals surface area contributed by atoms with Gasteiger partial charge >= 0.3 is 5.97 Å². The van der Waals surface area contributed by atoms with Crippen LogP contribution in [0.4, 0.5) is 0 Å². The van der Waals surface area contributed by atoms with Crippen LogP contribution in [0.3, 0.4) is 0 Å². The van der Waals surface area contributed by atoms with E-state index in [-0.39, 0.29) is 24.5 Å². The van der Waals surface area contributed by atoms with Crippen molar-refractivity contribution in [3.8, 4) is 5.69 Å². The van der Waals surface area contributed by atoms with E-state index in [4.69, 9.17) is 4.74 Å². The molecule has 4 fully saturated rings. The highest BCUT2D eigenvalue weighted by molar-refractivity contribution is 5.85. The number of fused-ring (bicyclic) bond motifs is 3. The second-order valence-corrected chi connectivity index (χ2v) is 11.3. The van der Waals surface area contributed by atoms with Crippen molar-refractivity contribution < 1.29 is 14.0 Å². The number of carbonyl (C=O) groups is 1. The van der Waals surface area contributed by atoms with Crippen LogP contribution in [0.25, 0.3) is 5.69 Å². The Balaban J connectivity index is 0.00000280. The zero-order valence-corrected chi connectivity index (χ0v) is 22.3. The van der Waals surface area contributed by atoms with Gasteiger partial charge in [-0.1, -0.05) is 79.4 Å². The van der Waals surface area contributed by atoms with Crippen LogP contribution in [-0.4, -0.2) is 51.2 Å². The Labute approximate surface area is 226 Å². The van der Waals surface area contributed by atoms with Crippen LogP contribution in [-0.2, 0) is 21.5 Å². The number of piperidine rings is 3. The fraction of sp³-hybridized carbons (Fsp3) is 0.500. The Morgan fingerprint density at radius 1 is 0.946 bits per heavy atom. The van der Waals surface area contributed by atoms with E-state index in [2.05, 4.69) is 40.8 Å². The predicted octanol–water partition coefficient (Wildman–Crippen LogP) is 5.63. The van der Waals surface area contributed by atoms with Gasteiger partial charge in [0.1, 0.15) is 18.8 Å². The fourth-order valence-corrected chi connectivity index (χ4v) is 6.95. The molecule has 3 saturated heterocycles. The van der Waals surface area contributed by atoms with Crippen molar-refractivity contribution in [2.24, 2.45) is 5.92 Å². The number of benzene rings is 2. The molecule has 1 saturated carbocycles. The molecule has 1 aromatic heterocycles. The van der Waals surface area contributed by atoms with Crippen molar-refractivity contribution >= 4 is 18.4 Å².